The summed E-state index contributed by atoms with van der Waals surface area (Å²) < 4.78 is 28.8. The average Bonchev–Trinajstić information content (AvgIpc) is 2.50. The Bertz CT molecular complexity index is 640. The molecule has 0 atom stereocenters. The maximum absolute atomic E-state index is 12.0. The SMILES string of the molecule is COC(=O)CN1C(=O)c2cc(Cl)ccc2S1(=O)=O. The summed E-state index contributed by atoms with van der Waals surface area (Å²) in [5.74, 6) is -1.59. The Morgan fingerprint density at radius 1 is 1.44 bits per heavy atom. The fraction of sp³-hybridized carbons (Fsp3) is 0.200. The normalized spacial score (nSPS) is 16.6. The minimum Gasteiger partial charge on any atom is -0.468 e. The first kappa shape index (κ1) is 12.8. The van der Waals surface area contributed by atoms with Crippen molar-refractivity contribution in [1.82, 2.24) is 4.31 Å². The summed E-state index contributed by atoms with van der Waals surface area (Å²) in [5.41, 5.74) is -0.0357. The molecule has 0 radical (unpaired) electrons. The molecule has 96 valence electrons. The minimum absolute atomic E-state index is 0.0357. The lowest BCUT2D eigenvalue weighted by Gasteiger charge is -2.12. The zero-order chi connectivity index (χ0) is 13.5. The molecule has 1 aliphatic heterocycles. The molecular formula is C10H8ClNO5S. The van der Waals surface area contributed by atoms with E-state index in [-0.39, 0.29) is 15.5 Å². The number of benzene rings is 1. The molecule has 0 unspecified atom stereocenters. The van der Waals surface area contributed by atoms with Gasteiger partial charge in [-0.2, -0.15) is 0 Å². The van der Waals surface area contributed by atoms with Crippen molar-refractivity contribution in [2.24, 2.45) is 0 Å². The number of halogens is 1. The van der Waals surface area contributed by atoms with Crippen LogP contribution < -0.4 is 0 Å². The van der Waals surface area contributed by atoms with Crippen LogP contribution >= 0.6 is 11.6 Å². The molecule has 1 heterocycles. The zero-order valence-electron chi connectivity index (χ0n) is 9.21. The van der Waals surface area contributed by atoms with Gasteiger partial charge in [-0.25, -0.2) is 12.7 Å². The summed E-state index contributed by atoms with van der Waals surface area (Å²) in [6, 6.07) is 3.86. The number of sulfonamides is 1. The van der Waals surface area contributed by atoms with E-state index < -0.39 is 28.4 Å². The van der Waals surface area contributed by atoms with Crippen LogP contribution in [0.2, 0.25) is 5.02 Å². The lowest BCUT2D eigenvalue weighted by atomic mass is 10.2. The summed E-state index contributed by atoms with van der Waals surface area (Å²) in [6.45, 7) is -0.649. The molecule has 0 aromatic heterocycles. The molecule has 1 amide bonds. The summed E-state index contributed by atoms with van der Waals surface area (Å²) in [6.07, 6.45) is 0. The van der Waals surface area contributed by atoms with Crippen LogP contribution in [0.25, 0.3) is 0 Å². The van der Waals surface area contributed by atoms with Crippen LogP contribution in [0.4, 0.5) is 0 Å². The van der Waals surface area contributed by atoms with Crippen molar-refractivity contribution >= 4 is 33.5 Å². The van der Waals surface area contributed by atoms with Crippen molar-refractivity contribution in [3.05, 3.63) is 28.8 Å². The molecule has 0 spiro atoms. The van der Waals surface area contributed by atoms with Gasteiger partial charge in [0, 0.05) is 5.02 Å². The number of methoxy groups -OCH3 is 1. The van der Waals surface area contributed by atoms with Crippen LogP contribution in [0.15, 0.2) is 23.1 Å². The highest BCUT2D eigenvalue weighted by Crippen LogP contribution is 2.31. The number of fused-ring (bicyclic) bond motifs is 1. The molecule has 6 nitrogen and oxygen atoms in total. The van der Waals surface area contributed by atoms with Crippen molar-refractivity contribution in [1.29, 1.82) is 0 Å². The fourth-order valence-electron chi connectivity index (χ4n) is 1.60. The monoisotopic (exact) mass is 289 g/mol. The van der Waals surface area contributed by atoms with E-state index in [9.17, 15) is 18.0 Å². The number of carbonyl (C=O) groups is 2. The van der Waals surface area contributed by atoms with Gasteiger partial charge < -0.3 is 4.74 Å². The number of hydrogen-bond acceptors (Lipinski definition) is 5. The van der Waals surface area contributed by atoms with E-state index >= 15 is 0 Å². The van der Waals surface area contributed by atoms with Gasteiger partial charge in [-0.05, 0) is 18.2 Å². The smallest absolute Gasteiger partial charge is 0.326 e. The van der Waals surface area contributed by atoms with E-state index in [1.54, 1.807) is 0 Å². The Balaban J connectivity index is 2.51. The number of carbonyl (C=O) groups excluding carboxylic acids is 2. The molecule has 8 heteroatoms. The van der Waals surface area contributed by atoms with Gasteiger partial charge in [0.05, 0.1) is 12.7 Å². The van der Waals surface area contributed by atoms with Crippen LogP contribution in [0.3, 0.4) is 0 Å². The Morgan fingerprint density at radius 3 is 2.72 bits per heavy atom. The third kappa shape index (κ3) is 1.85. The van der Waals surface area contributed by atoms with Crippen molar-refractivity contribution in [3.8, 4) is 0 Å². The van der Waals surface area contributed by atoms with Gasteiger partial charge in [-0.15, -0.1) is 0 Å². The average molecular weight is 290 g/mol. The predicted octanol–water partition coefficient (Wildman–Crippen LogP) is 0.657. The number of rotatable bonds is 2. The van der Waals surface area contributed by atoms with Gasteiger partial charge in [-0.3, -0.25) is 9.59 Å². The molecule has 1 aliphatic rings. The molecule has 2 rings (SSSR count). The quantitative estimate of drug-likeness (QED) is 0.747. The molecule has 0 aliphatic carbocycles. The van der Waals surface area contributed by atoms with Crippen molar-refractivity contribution in [3.63, 3.8) is 0 Å². The van der Waals surface area contributed by atoms with Crippen LogP contribution in [0.5, 0.6) is 0 Å². The highest BCUT2D eigenvalue weighted by molar-refractivity contribution is 7.90. The first-order valence-corrected chi connectivity index (χ1v) is 6.63. The summed E-state index contributed by atoms with van der Waals surface area (Å²) in [5, 5.41) is 0.247. The standard InChI is InChI=1S/C10H8ClNO5S/c1-17-9(13)5-12-10(14)7-4-6(11)2-3-8(7)18(12,15)16/h2-4H,5H2,1H3. The van der Waals surface area contributed by atoms with Gasteiger partial charge in [0.2, 0.25) is 0 Å². The Morgan fingerprint density at radius 2 is 2.11 bits per heavy atom. The summed E-state index contributed by atoms with van der Waals surface area (Å²) in [7, 11) is -2.88. The first-order chi connectivity index (χ1) is 8.37. The number of amides is 1. The molecule has 0 fully saturated rings. The first-order valence-electron chi connectivity index (χ1n) is 4.81. The van der Waals surface area contributed by atoms with Crippen molar-refractivity contribution < 1.29 is 22.7 Å². The van der Waals surface area contributed by atoms with E-state index in [0.29, 0.717) is 4.31 Å². The van der Waals surface area contributed by atoms with Gasteiger partial charge in [0.15, 0.2) is 0 Å². The largest absolute Gasteiger partial charge is 0.468 e. The highest BCUT2D eigenvalue weighted by Gasteiger charge is 2.42. The molecule has 0 saturated carbocycles. The van der Waals surface area contributed by atoms with Gasteiger partial charge in [0.25, 0.3) is 15.9 Å². The molecule has 0 saturated heterocycles. The molecular weight excluding hydrogens is 282 g/mol. The molecule has 0 N–H and O–H groups in total. The van der Waals surface area contributed by atoms with E-state index in [0.717, 1.165) is 7.11 Å². The van der Waals surface area contributed by atoms with Crippen LogP contribution in [-0.4, -0.2) is 38.3 Å². The second-order valence-electron chi connectivity index (χ2n) is 3.53. The van der Waals surface area contributed by atoms with Crippen molar-refractivity contribution in [2.45, 2.75) is 4.90 Å². The molecule has 1 aromatic rings. The lowest BCUT2D eigenvalue weighted by Crippen LogP contribution is -2.35. The number of esters is 1. The number of ether oxygens (including phenoxy) is 1. The Kier molecular flexibility index (Phi) is 3.04. The van der Waals surface area contributed by atoms with Gasteiger partial charge in [0.1, 0.15) is 11.4 Å². The Hall–Kier alpha value is -1.60. The predicted molar refractivity (Wildman–Crippen MR) is 61.7 cm³/mol. The molecule has 18 heavy (non-hydrogen) atoms. The summed E-state index contributed by atoms with van der Waals surface area (Å²) in [4.78, 5) is 22.9. The second-order valence-corrected chi connectivity index (χ2v) is 5.80. The topological polar surface area (TPSA) is 80.8 Å². The number of hydrogen-bond donors (Lipinski definition) is 0. The lowest BCUT2D eigenvalue weighted by molar-refractivity contribution is -0.140. The summed E-state index contributed by atoms with van der Waals surface area (Å²) >= 11 is 5.71. The van der Waals surface area contributed by atoms with Crippen LogP contribution in [0.1, 0.15) is 10.4 Å². The third-order valence-corrected chi connectivity index (χ3v) is 4.49. The zero-order valence-corrected chi connectivity index (χ0v) is 10.8. The van der Waals surface area contributed by atoms with E-state index in [1.807, 2.05) is 0 Å². The van der Waals surface area contributed by atoms with E-state index in [4.69, 9.17) is 11.6 Å². The number of nitrogens with zero attached hydrogens (tertiary/aromatic N) is 1. The third-order valence-electron chi connectivity index (χ3n) is 2.47. The maximum Gasteiger partial charge on any atom is 0.326 e. The van der Waals surface area contributed by atoms with E-state index in [2.05, 4.69) is 4.74 Å². The minimum atomic E-state index is -3.99. The second kappa shape index (κ2) is 4.25. The molecule has 0 bridgehead atoms. The van der Waals surface area contributed by atoms with Crippen LogP contribution in [-0.2, 0) is 19.6 Å². The highest BCUT2D eigenvalue weighted by atomic mass is 35.5. The Labute approximate surface area is 108 Å². The van der Waals surface area contributed by atoms with Crippen molar-refractivity contribution in [2.75, 3.05) is 13.7 Å². The van der Waals surface area contributed by atoms with Gasteiger partial charge in [-0.1, -0.05) is 11.6 Å². The van der Waals surface area contributed by atoms with Gasteiger partial charge >= 0.3 is 5.97 Å². The molecule has 1 aromatic carbocycles. The fourth-order valence-corrected chi connectivity index (χ4v) is 3.26. The van der Waals surface area contributed by atoms with E-state index in [1.165, 1.54) is 18.2 Å². The maximum atomic E-state index is 12.0. The van der Waals surface area contributed by atoms with Crippen LogP contribution in [0, 0.1) is 0 Å².